The first-order valence-corrected chi connectivity index (χ1v) is 7.16. The molecule has 0 saturated heterocycles. The Labute approximate surface area is 129 Å². The van der Waals surface area contributed by atoms with Crippen LogP contribution in [0.25, 0.3) is 10.8 Å². The topological polar surface area (TPSA) is 30.0 Å². The highest BCUT2D eigenvalue weighted by atomic mass is 79.9. The minimum absolute atomic E-state index is 0.0489. The van der Waals surface area contributed by atoms with E-state index < -0.39 is 0 Å². The Hall–Kier alpha value is -1.71. The second-order valence-corrected chi connectivity index (χ2v) is 5.65. The lowest BCUT2D eigenvalue weighted by Crippen LogP contribution is -2.03. The number of hydrogen-bond acceptors (Lipinski definition) is 2. The third-order valence-electron chi connectivity index (χ3n) is 3.10. The highest BCUT2D eigenvalue weighted by molar-refractivity contribution is 9.10. The molecule has 0 N–H and O–H groups in total. The Morgan fingerprint density at radius 3 is 2.75 bits per heavy atom. The summed E-state index contributed by atoms with van der Waals surface area (Å²) >= 11 is 9.30. The Kier molecular flexibility index (Phi) is 3.55. The SMILES string of the molecule is O=C(c1ccc(Cl)cc1Br)c1cccc2ccncc12. The molecule has 0 radical (unpaired) electrons. The van der Waals surface area contributed by atoms with E-state index in [0.717, 1.165) is 10.8 Å². The Morgan fingerprint density at radius 1 is 1.10 bits per heavy atom. The van der Waals surface area contributed by atoms with Crippen LogP contribution >= 0.6 is 27.5 Å². The molecular weight excluding hydrogens is 338 g/mol. The van der Waals surface area contributed by atoms with Crippen molar-refractivity contribution in [3.8, 4) is 0 Å². The van der Waals surface area contributed by atoms with Gasteiger partial charge in [-0.1, -0.05) is 29.8 Å². The molecule has 0 fully saturated rings. The van der Waals surface area contributed by atoms with E-state index in [1.54, 1.807) is 30.6 Å². The predicted molar refractivity (Wildman–Crippen MR) is 84.3 cm³/mol. The molecule has 0 atom stereocenters. The molecule has 1 heterocycles. The molecule has 20 heavy (non-hydrogen) atoms. The molecule has 0 spiro atoms. The smallest absolute Gasteiger partial charge is 0.194 e. The number of aromatic nitrogens is 1. The van der Waals surface area contributed by atoms with E-state index in [2.05, 4.69) is 20.9 Å². The van der Waals surface area contributed by atoms with Crippen molar-refractivity contribution < 1.29 is 4.79 Å². The summed E-state index contributed by atoms with van der Waals surface area (Å²) in [6.07, 6.45) is 3.43. The molecule has 4 heteroatoms. The first kappa shape index (κ1) is 13.3. The average Bonchev–Trinajstić information content (AvgIpc) is 2.46. The van der Waals surface area contributed by atoms with E-state index in [1.807, 2.05) is 24.3 Å². The molecule has 3 rings (SSSR count). The maximum Gasteiger partial charge on any atom is 0.194 e. The number of carbonyl (C=O) groups excluding carboxylic acids is 1. The number of carbonyl (C=O) groups is 1. The Bertz CT molecular complexity index is 811. The van der Waals surface area contributed by atoms with Crippen molar-refractivity contribution in [1.29, 1.82) is 0 Å². The van der Waals surface area contributed by atoms with Gasteiger partial charge in [-0.3, -0.25) is 9.78 Å². The van der Waals surface area contributed by atoms with Crippen LogP contribution in [0, 0.1) is 0 Å². The van der Waals surface area contributed by atoms with Crippen molar-refractivity contribution >= 4 is 44.1 Å². The zero-order valence-corrected chi connectivity index (χ0v) is 12.6. The van der Waals surface area contributed by atoms with Crippen molar-refractivity contribution in [1.82, 2.24) is 4.98 Å². The Balaban J connectivity index is 2.18. The summed E-state index contributed by atoms with van der Waals surface area (Å²) in [5.41, 5.74) is 1.23. The van der Waals surface area contributed by atoms with Crippen LogP contribution in [0.1, 0.15) is 15.9 Å². The number of pyridine rings is 1. The average molecular weight is 347 g/mol. The van der Waals surface area contributed by atoms with Crippen LogP contribution in [-0.2, 0) is 0 Å². The zero-order valence-electron chi connectivity index (χ0n) is 10.3. The van der Waals surface area contributed by atoms with Crippen molar-refractivity contribution in [2.75, 3.05) is 0 Å². The molecule has 0 unspecified atom stereocenters. The van der Waals surface area contributed by atoms with Crippen molar-refractivity contribution in [2.45, 2.75) is 0 Å². The predicted octanol–water partition coefficient (Wildman–Crippen LogP) is 4.88. The molecule has 0 aliphatic heterocycles. The monoisotopic (exact) mass is 345 g/mol. The normalized spacial score (nSPS) is 10.7. The number of rotatable bonds is 2. The number of fused-ring (bicyclic) bond motifs is 1. The van der Waals surface area contributed by atoms with Crippen LogP contribution in [0.3, 0.4) is 0 Å². The highest BCUT2D eigenvalue weighted by Gasteiger charge is 2.15. The molecule has 2 aromatic carbocycles. The van der Waals surface area contributed by atoms with Crippen LogP contribution in [-0.4, -0.2) is 10.8 Å². The first-order chi connectivity index (χ1) is 9.66. The van der Waals surface area contributed by atoms with Crippen molar-refractivity contribution in [3.05, 3.63) is 75.5 Å². The molecule has 0 bridgehead atoms. The van der Waals surface area contributed by atoms with Crippen LogP contribution < -0.4 is 0 Å². The van der Waals surface area contributed by atoms with E-state index in [-0.39, 0.29) is 5.78 Å². The van der Waals surface area contributed by atoms with Crippen LogP contribution in [0.5, 0.6) is 0 Å². The maximum atomic E-state index is 12.7. The van der Waals surface area contributed by atoms with E-state index in [9.17, 15) is 4.79 Å². The second kappa shape index (κ2) is 5.35. The van der Waals surface area contributed by atoms with Gasteiger partial charge < -0.3 is 0 Å². The molecule has 0 aliphatic carbocycles. The fourth-order valence-corrected chi connectivity index (χ4v) is 2.99. The van der Waals surface area contributed by atoms with E-state index in [0.29, 0.717) is 20.6 Å². The van der Waals surface area contributed by atoms with Gasteiger partial charge in [0.25, 0.3) is 0 Å². The summed E-state index contributed by atoms with van der Waals surface area (Å²) in [6.45, 7) is 0. The van der Waals surface area contributed by atoms with Gasteiger partial charge in [0.1, 0.15) is 0 Å². The van der Waals surface area contributed by atoms with Gasteiger partial charge in [0.05, 0.1) is 0 Å². The van der Waals surface area contributed by atoms with Gasteiger partial charge in [-0.15, -0.1) is 0 Å². The van der Waals surface area contributed by atoms with Gasteiger partial charge >= 0.3 is 0 Å². The number of nitrogens with zero attached hydrogens (tertiary/aromatic N) is 1. The molecule has 2 nitrogen and oxygen atoms in total. The summed E-state index contributed by atoms with van der Waals surface area (Å²) in [5.74, 6) is -0.0489. The molecule has 1 aromatic heterocycles. The van der Waals surface area contributed by atoms with Crippen LogP contribution in [0.4, 0.5) is 0 Å². The fourth-order valence-electron chi connectivity index (χ4n) is 2.13. The van der Waals surface area contributed by atoms with E-state index in [1.165, 1.54) is 0 Å². The lowest BCUT2D eigenvalue weighted by atomic mass is 9.98. The third-order valence-corrected chi connectivity index (χ3v) is 4.00. The number of ketones is 1. The summed E-state index contributed by atoms with van der Waals surface area (Å²) in [6, 6.07) is 12.7. The van der Waals surface area contributed by atoms with Crippen LogP contribution in [0.15, 0.2) is 59.3 Å². The summed E-state index contributed by atoms with van der Waals surface area (Å²) in [4.78, 5) is 16.8. The van der Waals surface area contributed by atoms with Crippen LogP contribution in [0.2, 0.25) is 5.02 Å². The molecular formula is C16H9BrClNO. The third kappa shape index (κ3) is 2.35. The van der Waals surface area contributed by atoms with E-state index >= 15 is 0 Å². The van der Waals surface area contributed by atoms with Gasteiger partial charge in [-0.25, -0.2) is 0 Å². The standard InChI is InChI=1S/C16H9BrClNO/c17-15-8-11(18)4-5-13(15)16(20)12-3-1-2-10-6-7-19-9-14(10)12/h1-9H. The Morgan fingerprint density at radius 2 is 1.95 bits per heavy atom. The van der Waals surface area contributed by atoms with Gasteiger partial charge in [0.15, 0.2) is 5.78 Å². The second-order valence-electron chi connectivity index (χ2n) is 4.36. The lowest BCUT2D eigenvalue weighted by molar-refractivity contribution is 0.103. The zero-order chi connectivity index (χ0) is 14.1. The minimum atomic E-state index is -0.0489. The summed E-state index contributed by atoms with van der Waals surface area (Å²) in [7, 11) is 0. The highest BCUT2D eigenvalue weighted by Crippen LogP contribution is 2.26. The number of benzene rings is 2. The lowest BCUT2D eigenvalue weighted by Gasteiger charge is -2.07. The minimum Gasteiger partial charge on any atom is -0.289 e. The van der Waals surface area contributed by atoms with Gasteiger partial charge in [-0.2, -0.15) is 0 Å². The van der Waals surface area contributed by atoms with Gasteiger partial charge in [0.2, 0.25) is 0 Å². The van der Waals surface area contributed by atoms with Crippen molar-refractivity contribution in [2.24, 2.45) is 0 Å². The number of halogens is 2. The van der Waals surface area contributed by atoms with Crippen molar-refractivity contribution in [3.63, 3.8) is 0 Å². The fraction of sp³-hybridized carbons (Fsp3) is 0. The van der Waals surface area contributed by atoms with Gasteiger partial charge in [-0.05, 0) is 45.6 Å². The molecule has 0 amide bonds. The summed E-state index contributed by atoms with van der Waals surface area (Å²) < 4.78 is 0.691. The largest absolute Gasteiger partial charge is 0.289 e. The quantitative estimate of drug-likeness (QED) is 0.619. The number of hydrogen-bond donors (Lipinski definition) is 0. The summed E-state index contributed by atoms with van der Waals surface area (Å²) in [5, 5.41) is 2.44. The molecule has 3 aromatic rings. The maximum absolute atomic E-state index is 12.7. The van der Waals surface area contributed by atoms with E-state index in [4.69, 9.17) is 11.6 Å². The first-order valence-electron chi connectivity index (χ1n) is 5.99. The molecule has 0 aliphatic rings. The van der Waals surface area contributed by atoms with Gasteiger partial charge in [0, 0.05) is 38.4 Å². The molecule has 0 saturated carbocycles. The molecule has 98 valence electrons.